The minimum absolute atomic E-state index is 0.0417. The van der Waals surface area contributed by atoms with E-state index in [2.05, 4.69) is 25.3 Å². The summed E-state index contributed by atoms with van der Waals surface area (Å²) in [6.45, 7) is 0.118. The van der Waals surface area contributed by atoms with Gasteiger partial charge < -0.3 is 5.43 Å². The van der Waals surface area contributed by atoms with Crippen molar-refractivity contribution in [2.45, 2.75) is 11.4 Å². The molecule has 0 aliphatic carbocycles. The summed E-state index contributed by atoms with van der Waals surface area (Å²) in [7, 11) is -3.69. The van der Waals surface area contributed by atoms with Gasteiger partial charge in [0.1, 0.15) is 4.90 Å². The predicted molar refractivity (Wildman–Crippen MR) is 69.7 cm³/mol. The standard InChI is InChI=1S/C9H11ClN6O2S/c10-8-1-7(5-12-9(8)16-11)19(17,18)15-4-6-2-13-14-3-6/h1-3,5,15H,4,11H2,(H,12,16)(H,13,14). The summed E-state index contributed by atoms with van der Waals surface area (Å²) >= 11 is 5.82. The highest BCUT2D eigenvalue weighted by molar-refractivity contribution is 7.89. The lowest BCUT2D eigenvalue weighted by atomic mass is 10.4. The highest BCUT2D eigenvalue weighted by Gasteiger charge is 2.16. The van der Waals surface area contributed by atoms with Crippen LogP contribution in [0.25, 0.3) is 0 Å². The number of nitrogens with one attached hydrogen (secondary N) is 3. The summed E-state index contributed by atoms with van der Waals surface area (Å²) < 4.78 is 26.4. The molecule has 5 N–H and O–H groups in total. The van der Waals surface area contributed by atoms with Crippen LogP contribution in [-0.2, 0) is 16.6 Å². The van der Waals surface area contributed by atoms with Crippen LogP contribution in [0.15, 0.2) is 29.6 Å². The number of anilines is 1. The number of nitrogens with two attached hydrogens (primary N) is 1. The van der Waals surface area contributed by atoms with Crippen LogP contribution in [0.5, 0.6) is 0 Å². The molecular formula is C9H11ClN6O2S. The van der Waals surface area contributed by atoms with Gasteiger partial charge in [-0.15, -0.1) is 0 Å². The van der Waals surface area contributed by atoms with Crippen molar-refractivity contribution in [2.24, 2.45) is 5.84 Å². The fourth-order valence-corrected chi connectivity index (χ4v) is 2.58. The molecule has 0 bridgehead atoms. The van der Waals surface area contributed by atoms with Gasteiger partial charge >= 0.3 is 0 Å². The highest BCUT2D eigenvalue weighted by atomic mass is 35.5. The summed E-state index contributed by atoms with van der Waals surface area (Å²) in [5, 5.41) is 6.43. The van der Waals surface area contributed by atoms with Gasteiger partial charge in [0.25, 0.3) is 0 Å². The molecule has 2 aromatic heterocycles. The van der Waals surface area contributed by atoms with Crippen molar-refractivity contribution in [2.75, 3.05) is 5.43 Å². The van der Waals surface area contributed by atoms with Crippen molar-refractivity contribution in [1.82, 2.24) is 19.9 Å². The van der Waals surface area contributed by atoms with Gasteiger partial charge in [-0.2, -0.15) is 5.10 Å². The minimum Gasteiger partial charge on any atom is -0.307 e. The van der Waals surface area contributed by atoms with Crippen LogP contribution >= 0.6 is 11.6 Å². The van der Waals surface area contributed by atoms with Gasteiger partial charge in [-0.3, -0.25) is 5.10 Å². The Morgan fingerprint density at radius 1 is 1.42 bits per heavy atom. The number of sulfonamides is 1. The molecule has 0 fully saturated rings. The molecule has 0 aliphatic rings. The first-order chi connectivity index (χ1) is 9.03. The molecule has 0 unspecified atom stereocenters. The zero-order chi connectivity index (χ0) is 13.9. The van der Waals surface area contributed by atoms with Crippen molar-refractivity contribution in [3.05, 3.63) is 35.2 Å². The molecule has 2 heterocycles. The maximum absolute atomic E-state index is 12.0. The molecule has 0 atom stereocenters. The molecule has 0 spiro atoms. The number of halogens is 1. The minimum atomic E-state index is -3.69. The Kier molecular flexibility index (Phi) is 4.00. The number of nitrogen functional groups attached to an aromatic ring is 1. The normalized spacial score (nSPS) is 11.5. The quantitative estimate of drug-likeness (QED) is 0.462. The summed E-state index contributed by atoms with van der Waals surface area (Å²) in [4.78, 5) is 3.76. The van der Waals surface area contributed by atoms with E-state index >= 15 is 0 Å². The second-order valence-corrected chi connectivity index (χ2v) is 5.75. The van der Waals surface area contributed by atoms with Crippen molar-refractivity contribution >= 4 is 27.4 Å². The molecule has 0 aromatic carbocycles. The third-order valence-electron chi connectivity index (χ3n) is 2.28. The second kappa shape index (κ2) is 5.53. The summed E-state index contributed by atoms with van der Waals surface area (Å²) in [5.74, 6) is 5.36. The average Bonchev–Trinajstić information content (AvgIpc) is 2.89. The lowest BCUT2D eigenvalue weighted by Gasteiger charge is -2.07. The zero-order valence-electron chi connectivity index (χ0n) is 9.59. The van der Waals surface area contributed by atoms with Gasteiger partial charge in [0, 0.05) is 24.5 Å². The Labute approximate surface area is 114 Å². The number of pyridine rings is 1. The molecule has 2 rings (SSSR count). The van der Waals surface area contributed by atoms with Gasteiger partial charge in [0.05, 0.1) is 11.2 Å². The fraction of sp³-hybridized carbons (Fsp3) is 0.111. The molecule has 0 saturated carbocycles. The summed E-state index contributed by atoms with van der Waals surface area (Å²) in [6, 6.07) is 1.27. The van der Waals surface area contributed by atoms with E-state index in [0.717, 1.165) is 0 Å². The molecular weight excluding hydrogens is 292 g/mol. The lowest BCUT2D eigenvalue weighted by Crippen LogP contribution is -2.23. The number of hydrogen-bond acceptors (Lipinski definition) is 6. The van der Waals surface area contributed by atoms with Crippen LogP contribution in [0, 0.1) is 0 Å². The number of aromatic nitrogens is 3. The van der Waals surface area contributed by atoms with Crippen molar-refractivity contribution in [3.8, 4) is 0 Å². The van der Waals surface area contributed by atoms with Crippen molar-refractivity contribution < 1.29 is 8.42 Å². The zero-order valence-corrected chi connectivity index (χ0v) is 11.2. The first-order valence-corrected chi connectivity index (χ1v) is 6.98. The van der Waals surface area contributed by atoms with E-state index in [1.54, 1.807) is 6.20 Å². The smallest absolute Gasteiger partial charge is 0.242 e. The van der Waals surface area contributed by atoms with Crippen LogP contribution in [-0.4, -0.2) is 23.6 Å². The van der Waals surface area contributed by atoms with Gasteiger partial charge in [-0.1, -0.05) is 11.6 Å². The monoisotopic (exact) mass is 302 g/mol. The largest absolute Gasteiger partial charge is 0.307 e. The van der Waals surface area contributed by atoms with Crippen LogP contribution in [0.4, 0.5) is 5.82 Å². The Hall–Kier alpha value is -1.68. The first-order valence-electron chi connectivity index (χ1n) is 5.12. The fourth-order valence-electron chi connectivity index (χ4n) is 1.31. The van der Waals surface area contributed by atoms with Gasteiger partial charge in [0.15, 0.2) is 5.82 Å². The van der Waals surface area contributed by atoms with Crippen LogP contribution in [0.1, 0.15) is 5.56 Å². The van der Waals surface area contributed by atoms with E-state index in [0.29, 0.717) is 5.56 Å². The highest BCUT2D eigenvalue weighted by Crippen LogP contribution is 2.21. The third-order valence-corrected chi connectivity index (χ3v) is 3.94. The van der Waals surface area contributed by atoms with Gasteiger partial charge in [-0.05, 0) is 6.07 Å². The van der Waals surface area contributed by atoms with Gasteiger partial charge in [0.2, 0.25) is 10.0 Å². The number of rotatable bonds is 5. The summed E-state index contributed by atoms with van der Waals surface area (Å²) in [6.07, 6.45) is 4.28. The first kappa shape index (κ1) is 13.7. The predicted octanol–water partition coefficient (Wildman–Crippen LogP) is 0.222. The lowest BCUT2D eigenvalue weighted by molar-refractivity contribution is 0.581. The molecule has 2 aromatic rings. The maximum Gasteiger partial charge on any atom is 0.242 e. The number of hydrazine groups is 1. The van der Waals surface area contributed by atoms with Crippen molar-refractivity contribution in [1.29, 1.82) is 0 Å². The molecule has 10 heteroatoms. The molecule has 102 valence electrons. The Bertz CT molecular complexity index is 657. The molecule has 0 saturated heterocycles. The molecule has 8 nitrogen and oxygen atoms in total. The topological polar surface area (TPSA) is 126 Å². The Balaban J connectivity index is 2.17. The molecule has 0 amide bonds. The number of hydrogen-bond donors (Lipinski definition) is 4. The van der Waals surface area contributed by atoms with E-state index in [-0.39, 0.29) is 22.3 Å². The van der Waals surface area contributed by atoms with E-state index in [9.17, 15) is 8.42 Å². The van der Waals surface area contributed by atoms with E-state index in [1.807, 2.05) is 0 Å². The number of H-pyrrole nitrogens is 1. The van der Waals surface area contributed by atoms with Crippen LogP contribution in [0.3, 0.4) is 0 Å². The van der Waals surface area contributed by atoms with Crippen LogP contribution in [0.2, 0.25) is 5.02 Å². The Morgan fingerprint density at radius 2 is 2.21 bits per heavy atom. The van der Waals surface area contributed by atoms with E-state index in [4.69, 9.17) is 17.4 Å². The molecule has 0 radical (unpaired) electrons. The van der Waals surface area contributed by atoms with E-state index in [1.165, 1.54) is 18.5 Å². The number of aromatic amines is 1. The maximum atomic E-state index is 12.0. The summed E-state index contributed by atoms with van der Waals surface area (Å²) in [5.41, 5.74) is 2.97. The second-order valence-electron chi connectivity index (χ2n) is 3.58. The molecule has 0 aliphatic heterocycles. The SMILES string of the molecule is NNc1ncc(S(=O)(=O)NCc2cn[nH]c2)cc1Cl. The average molecular weight is 303 g/mol. The third kappa shape index (κ3) is 3.20. The Morgan fingerprint density at radius 3 is 2.79 bits per heavy atom. The molecule has 19 heavy (non-hydrogen) atoms. The number of nitrogens with zero attached hydrogens (tertiary/aromatic N) is 2. The van der Waals surface area contributed by atoms with Crippen molar-refractivity contribution in [3.63, 3.8) is 0 Å². The van der Waals surface area contributed by atoms with E-state index < -0.39 is 10.0 Å². The van der Waals surface area contributed by atoms with Gasteiger partial charge in [-0.25, -0.2) is 24.0 Å². The van der Waals surface area contributed by atoms with Crippen LogP contribution < -0.4 is 16.0 Å².